The third-order valence-electron chi connectivity index (χ3n) is 6.08. The molecule has 1 aliphatic rings. The van der Waals surface area contributed by atoms with Crippen LogP contribution in [0.3, 0.4) is 0 Å². The SMILES string of the molecule is CCCCCOc1ccc(C2/C(=C(\O)c3ccccc3)C(=O)C(=O)N2Cc2ccco2)cc1OCC. The van der Waals surface area contributed by atoms with Crippen LogP contribution >= 0.6 is 0 Å². The topological polar surface area (TPSA) is 89.2 Å². The van der Waals surface area contributed by atoms with Crippen LogP contribution in [-0.4, -0.2) is 34.9 Å². The van der Waals surface area contributed by atoms with Crippen LogP contribution in [0.2, 0.25) is 0 Å². The second-order valence-electron chi connectivity index (χ2n) is 8.57. The molecule has 1 N–H and O–H groups in total. The van der Waals surface area contributed by atoms with E-state index in [9.17, 15) is 14.7 Å². The first kappa shape index (κ1) is 25.1. The van der Waals surface area contributed by atoms with E-state index in [0.717, 1.165) is 19.3 Å². The number of benzene rings is 2. The minimum absolute atomic E-state index is 0.0248. The zero-order chi connectivity index (χ0) is 25.5. The summed E-state index contributed by atoms with van der Waals surface area (Å²) >= 11 is 0. The Morgan fingerprint density at radius 2 is 1.78 bits per heavy atom. The molecule has 0 radical (unpaired) electrons. The lowest BCUT2D eigenvalue weighted by Crippen LogP contribution is -2.29. The minimum atomic E-state index is -0.830. The Morgan fingerprint density at radius 1 is 0.972 bits per heavy atom. The largest absolute Gasteiger partial charge is 0.507 e. The molecule has 1 amide bonds. The smallest absolute Gasteiger partial charge is 0.296 e. The molecule has 36 heavy (non-hydrogen) atoms. The van der Waals surface area contributed by atoms with E-state index in [0.29, 0.717) is 41.6 Å². The number of ketones is 1. The first-order chi connectivity index (χ1) is 17.5. The fraction of sp³-hybridized carbons (Fsp3) is 0.310. The molecule has 7 nitrogen and oxygen atoms in total. The molecule has 0 spiro atoms. The Bertz CT molecular complexity index is 1220. The fourth-order valence-corrected chi connectivity index (χ4v) is 4.33. The predicted molar refractivity (Wildman–Crippen MR) is 136 cm³/mol. The third-order valence-corrected chi connectivity index (χ3v) is 6.08. The molecule has 1 saturated heterocycles. The molecule has 1 atom stereocenters. The Hall–Kier alpha value is -4.00. The van der Waals surface area contributed by atoms with Crippen LogP contribution in [0.4, 0.5) is 0 Å². The molecule has 1 aromatic heterocycles. The quantitative estimate of drug-likeness (QED) is 0.157. The summed E-state index contributed by atoms with van der Waals surface area (Å²) in [5.74, 6) is -0.0173. The van der Waals surface area contributed by atoms with E-state index in [2.05, 4.69) is 6.92 Å². The number of nitrogens with zero attached hydrogens (tertiary/aromatic N) is 1. The summed E-state index contributed by atoms with van der Waals surface area (Å²) in [6.45, 7) is 5.08. The monoisotopic (exact) mass is 489 g/mol. The number of aliphatic hydroxyl groups is 1. The highest BCUT2D eigenvalue weighted by Gasteiger charge is 2.46. The number of hydrogen-bond donors (Lipinski definition) is 1. The van der Waals surface area contributed by atoms with E-state index in [1.54, 1.807) is 48.5 Å². The summed E-state index contributed by atoms with van der Waals surface area (Å²) in [5.41, 5.74) is 1.11. The van der Waals surface area contributed by atoms with E-state index in [-0.39, 0.29) is 17.9 Å². The molecular weight excluding hydrogens is 458 g/mol. The van der Waals surface area contributed by atoms with Crippen molar-refractivity contribution >= 4 is 17.4 Å². The summed E-state index contributed by atoms with van der Waals surface area (Å²) < 4.78 is 17.3. The minimum Gasteiger partial charge on any atom is -0.507 e. The van der Waals surface area contributed by atoms with Gasteiger partial charge in [-0.3, -0.25) is 9.59 Å². The van der Waals surface area contributed by atoms with Crippen molar-refractivity contribution in [2.24, 2.45) is 0 Å². The van der Waals surface area contributed by atoms with E-state index in [4.69, 9.17) is 13.9 Å². The van der Waals surface area contributed by atoms with E-state index in [1.807, 2.05) is 19.1 Å². The molecule has 4 rings (SSSR count). The maximum Gasteiger partial charge on any atom is 0.296 e. The van der Waals surface area contributed by atoms with Crippen LogP contribution in [0.5, 0.6) is 11.5 Å². The summed E-state index contributed by atoms with van der Waals surface area (Å²) in [4.78, 5) is 27.8. The van der Waals surface area contributed by atoms with Gasteiger partial charge in [0.2, 0.25) is 0 Å². The van der Waals surface area contributed by atoms with Gasteiger partial charge in [0.05, 0.1) is 37.6 Å². The fourth-order valence-electron chi connectivity index (χ4n) is 4.33. The van der Waals surface area contributed by atoms with Crippen LogP contribution in [-0.2, 0) is 16.1 Å². The van der Waals surface area contributed by atoms with Crippen molar-refractivity contribution in [2.75, 3.05) is 13.2 Å². The normalized spacial score (nSPS) is 16.9. The van der Waals surface area contributed by atoms with Crippen LogP contribution in [0.15, 0.2) is 76.9 Å². The molecule has 188 valence electrons. The lowest BCUT2D eigenvalue weighted by atomic mass is 9.95. The summed E-state index contributed by atoms with van der Waals surface area (Å²) in [6, 6.07) is 16.8. The molecule has 1 aliphatic heterocycles. The van der Waals surface area contributed by atoms with Gasteiger partial charge in [-0.2, -0.15) is 0 Å². The second-order valence-corrected chi connectivity index (χ2v) is 8.57. The molecule has 0 saturated carbocycles. The number of carbonyl (C=O) groups is 2. The molecular formula is C29H31NO6. The van der Waals surface area contributed by atoms with Crippen molar-refractivity contribution in [3.8, 4) is 11.5 Å². The van der Waals surface area contributed by atoms with Gasteiger partial charge in [0.1, 0.15) is 11.5 Å². The van der Waals surface area contributed by atoms with Gasteiger partial charge in [-0.05, 0) is 43.2 Å². The van der Waals surface area contributed by atoms with Gasteiger partial charge in [0.15, 0.2) is 11.5 Å². The standard InChI is InChI=1S/C29H31NO6/c1-3-5-9-16-36-23-15-14-21(18-24(23)34-4-2)26-25(27(31)20-11-7-6-8-12-20)28(32)29(33)30(26)19-22-13-10-17-35-22/h6-8,10-15,17-18,26,31H,3-5,9,16,19H2,1-2H3/b27-25+. The number of rotatable bonds is 11. The second kappa shape index (κ2) is 11.6. The Morgan fingerprint density at radius 3 is 2.47 bits per heavy atom. The molecule has 2 heterocycles. The Kier molecular flexibility index (Phi) is 8.10. The van der Waals surface area contributed by atoms with Crippen molar-refractivity contribution in [3.63, 3.8) is 0 Å². The van der Waals surface area contributed by atoms with Gasteiger partial charge in [-0.1, -0.05) is 56.2 Å². The summed E-state index contributed by atoms with van der Waals surface area (Å²) in [6.07, 6.45) is 4.62. The van der Waals surface area contributed by atoms with Gasteiger partial charge < -0.3 is 23.9 Å². The number of likely N-dealkylation sites (tertiary alicyclic amines) is 1. The van der Waals surface area contributed by atoms with Crippen molar-refractivity contribution in [1.29, 1.82) is 0 Å². The van der Waals surface area contributed by atoms with Gasteiger partial charge in [-0.25, -0.2) is 0 Å². The Labute approximate surface area is 210 Å². The van der Waals surface area contributed by atoms with Crippen LogP contribution in [0, 0.1) is 0 Å². The Balaban J connectivity index is 1.78. The van der Waals surface area contributed by atoms with Crippen LogP contribution in [0.25, 0.3) is 5.76 Å². The molecule has 2 aromatic carbocycles. The van der Waals surface area contributed by atoms with Crippen molar-refractivity contribution < 1.29 is 28.6 Å². The summed E-state index contributed by atoms with van der Waals surface area (Å²) in [7, 11) is 0. The van der Waals surface area contributed by atoms with E-state index < -0.39 is 17.7 Å². The summed E-state index contributed by atoms with van der Waals surface area (Å²) in [5, 5.41) is 11.2. The van der Waals surface area contributed by atoms with Gasteiger partial charge >= 0.3 is 0 Å². The van der Waals surface area contributed by atoms with Crippen molar-refractivity contribution in [3.05, 3.63) is 89.4 Å². The molecule has 1 fully saturated rings. The van der Waals surface area contributed by atoms with Gasteiger partial charge in [-0.15, -0.1) is 0 Å². The number of Topliss-reactive ketones (excluding diaryl/α,β-unsaturated/α-hetero) is 1. The number of carbonyl (C=O) groups excluding carboxylic acids is 2. The maximum absolute atomic E-state index is 13.2. The number of hydrogen-bond acceptors (Lipinski definition) is 6. The first-order valence-corrected chi connectivity index (χ1v) is 12.3. The number of ether oxygens (including phenoxy) is 2. The number of aliphatic hydroxyl groups excluding tert-OH is 1. The zero-order valence-electron chi connectivity index (χ0n) is 20.6. The highest BCUT2D eigenvalue weighted by atomic mass is 16.5. The lowest BCUT2D eigenvalue weighted by Gasteiger charge is -2.25. The highest BCUT2D eigenvalue weighted by molar-refractivity contribution is 6.46. The van der Waals surface area contributed by atoms with Gasteiger partial charge in [0.25, 0.3) is 11.7 Å². The molecule has 0 bridgehead atoms. The number of amides is 1. The van der Waals surface area contributed by atoms with Crippen molar-refractivity contribution in [2.45, 2.75) is 45.7 Å². The van der Waals surface area contributed by atoms with E-state index >= 15 is 0 Å². The first-order valence-electron chi connectivity index (χ1n) is 12.3. The molecule has 1 unspecified atom stereocenters. The predicted octanol–water partition coefficient (Wildman–Crippen LogP) is 5.87. The van der Waals surface area contributed by atoms with E-state index in [1.165, 1.54) is 11.2 Å². The van der Waals surface area contributed by atoms with Crippen molar-refractivity contribution in [1.82, 2.24) is 4.90 Å². The number of furan rings is 1. The average molecular weight is 490 g/mol. The highest BCUT2D eigenvalue weighted by Crippen LogP contribution is 2.42. The van der Waals surface area contributed by atoms with Crippen LogP contribution < -0.4 is 9.47 Å². The number of unbranched alkanes of at least 4 members (excludes halogenated alkanes) is 2. The van der Waals surface area contributed by atoms with Gasteiger partial charge in [0, 0.05) is 5.56 Å². The average Bonchev–Trinajstić information content (AvgIpc) is 3.50. The lowest BCUT2D eigenvalue weighted by molar-refractivity contribution is -0.140. The van der Waals surface area contributed by atoms with Crippen LogP contribution in [0.1, 0.15) is 56.0 Å². The third kappa shape index (κ3) is 5.30. The zero-order valence-corrected chi connectivity index (χ0v) is 20.6. The molecule has 3 aromatic rings. The maximum atomic E-state index is 13.2. The molecule has 7 heteroatoms. The molecule has 0 aliphatic carbocycles.